The molecule has 0 aliphatic carbocycles. The van der Waals surface area contributed by atoms with Crippen LogP contribution in [0.25, 0.3) is 11.3 Å². The van der Waals surface area contributed by atoms with Gasteiger partial charge in [0.15, 0.2) is 11.6 Å². The predicted molar refractivity (Wildman–Crippen MR) is 117 cm³/mol. The van der Waals surface area contributed by atoms with Crippen molar-refractivity contribution in [2.24, 2.45) is 5.16 Å². The average Bonchev–Trinajstić information content (AvgIpc) is 3.19. The van der Waals surface area contributed by atoms with E-state index in [0.717, 1.165) is 11.1 Å². The van der Waals surface area contributed by atoms with E-state index in [9.17, 15) is 14.3 Å². The zero-order chi connectivity index (χ0) is 22.0. The van der Waals surface area contributed by atoms with E-state index in [1.54, 1.807) is 25.1 Å². The molecule has 0 fully saturated rings. The Morgan fingerprint density at radius 2 is 2.00 bits per heavy atom. The molecule has 1 N–H and O–H groups in total. The Balaban J connectivity index is 1.58. The van der Waals surface area contributed by atoms with Crippen molar-refractivity contribution in [3.05, 3.63) is 75.6 Å². The zero-order valence-corrected chi connectivity index (χ0v) is 18.1. The summed E-state index contributed by atoms with van der Waals surface area (Å²) in [5.74, 6) is -0.814. The topological polar surface area (TPSA) is 81.0 Å². The van der Waals surface area contributed by atoms with Crippen LogP contribution in [0.2, 0.25) is 0 Å². The molecule has 8 heteroatoms. The van der Waals surface area contributed by atoms with Gasteiger partial charge in [-0.15, -0.1) is 0 Å². The lowest BCUT2D eigenvalue weighted by molar-refractivity contribution is -0.140. The normalized spacial score (nSPS) is 13.1. The van der Waals surface area contributed by atoms with Gasteiger partial charge in [-0.3, -0.25) is 0 Å². The van der Waals surface area contributed by atoms with Gasteiger partial charge < -0.3 is 14.7 Å². The minimum absolute atomic E-state index is 0.0339. The number of aromatic hydroxyl groups is 1. The third-order valence-corrected chi connectivity index (χ3v) is 5.61. The maximum absolute atomic E-state index is 15.0. The maximum Gasteiger partial charge on any atom is 0.340 e. The molecular weight excluding hydrogens is 467 g/mol. The van der Waals surface area contributed by atoms with Gasteiger partial charge in [0.1, 0.15) is 23.8 Å². The number of oxime groups is 1. The average molecular weight is 485 g/mol. The van der Waals surface area contributed by atoms with Gasteiger partial charge in [0.05, 0.1) is 6.42 Å². The van der Waals surface area contributed by atoms with Gasteiger partial charge in [0.25, 0.3) is 0 Å². The molecule has 158 valence electrons. The van der Waals surface area contributed by atoms with E-state index in [-0.39, 0.29) is 24.5 Å². The number of aromatic nitrogens is 1. The van der Waals surface area contributed by atoms with Crippen molar-refractivity contribution < 1.29 is 23.9 Å². The first kappa shape index (κ1) is 21.0. The van der Waals surface area contributed by atoms with Crippen LogP contribution in [0.3, 0.4) is 0 Å². The first-order valence-corrected chi connectivity index (χ1v) is 10.3. The SMILES string of the molecule is Cc1c(F)c(OCC2=NOC(=O)C2)cc(Br)c1Cc1ccc(O)c(-c2ccccc2)n1. The number of benzene rings is 2. The van der Waals surface area contributed by atoms with Gasteiger partial charge in [-0.05, 0) is 36.2 Å². The number of carbonyl (C=O) groups is 1. The number of hydrogen-bond acceptors (Lipinski definition) is 6. The Morgan fingerprint density at radius 1 is 1.23 bits per heavy atom. The van der Waals surface area contributed by atoms with E-state index in [0.29, 0.717) is 33.6 Å². The molecule has 0 bridgehead atoms. The summed E-state index contributed by atoms with van der Waals surface area (Å²) < 4.78 is 21.1. The molecule has 4 rings (SSSR count). The predicted octanol–water partition coefficient (Wildman–Crippen LogP) is 4.94. The molecular formula is C23H18BrFN2O4. The van der Waals surface area contributed by atoms with Crippen LogP contribution in [0.4, 0.5) is 4.39 Å². The minimum atomic E-state index is -0.494. The van der Waals surface area contributed by atoms with Gasteiger partial charge >= 0.3 is 5.97 Å². The summed E-state index contributed by atoms with van der Waals surface area (Å²) in [4.78, 5) is 20.2. The number of halogens is 2. The van der Waals surface area contributed by atoms with Gasteiger partial charge in [0.2, 0.25) is 0 Å². The summed E-state index contributed by atoms with van der Waals surface area (Å²) in [6.07, 6.45) is 0.398. The Morgan fingerprint density at radius 3 is 2.71 bits per heavy atom. The summed E-state index contributed by atoms with van der Waals surface area (Å²) in [6, 6.07) is 14.2. The van der Waals surface area contributed by atoms with E-state index in [1.165, 1.54) is 0 Å². The van der Waals surface area contributed by atoms with Gasteiger partial charge in [-0.1, -0.05) is 51.4 Å². The molecule has 0 spiro atoms. The molecule has 31 heavy (non-hydrogen) atoms. The van der Waals surface area contributed by atoms with Crippen molar-refractivity contribution in [2.75, 3.05) is 6.61 Å². The second-order valence-electron chi connectivity index (χ2n) is 7.07. The number of carbonyl (C=O) groups excluding carboxylic acids is 1. The molecule has 3 aromatic rings. The molecule has 0 amide bonds. The van der Waals surface area contributed by atoms with E-state index in [4.69, 9.17) is 4.74 Å². The first-order valence-electron chi connectivity index (χ1n) is 9.52. The lowest BCUT2D eigenvalue weighted by atomic mass is 10.0. The smallest absolute Gasteiger partial charge is 0.340 e. The van der Waals surface area contributed by atoms with Crippen LogP contribution >= 0.6 is 15.9 Å². The molecule has 1 aromatic heterocycles. The van der Waals surface area contributed by atoms with E-state index in [1.807, 2.05) is 30.3 Å². The van der Waals surface area contributed by atoms with E-state index < -0.39 is 11.8 Å². The Labute approximate surface area is 186 Å². The van der Waals surface area contributed by atoms with Gasteiger partial charge in [-0.25, -0.2) is 14.2 Å². The van der Waals surface area contributed by atoms with Crippen LogP contribution in [-0.2, 0) is 16.1 Å². The summed E-state index contributed by atoms with van der Waals surface area (Å²) >= 11 is 3.50. The molecule has 0 unspecified atom stereocenters. The third kappa shape index (κ3) is 4.59. The molecule has 2 heterocycles. The van der Waals surface area contributed by atoms with Crippen LogP contribution in [0.5, 0.6) is 11.5 Å². The van der Waals surface area contributed by atoms with Crippen molar-refractivity contribution >= 4 is 27.6 Å². The van der Waals surface area contributed by atoms with Crippen molar-refractivity contribution in [3.8, 4) is 22.8 Å². The Hall–Kier alpha value is -3.26. The third-order valence-electron chi connectivity index (χ3n) is 4.90. The number of rotatable bonds is 6. The summed E-state index contributed by atoms with van der Waals surface area (Å²) in [6.45, 7) is 1.63. The fourth-order valence-electron chi connectivity index (χ4n) is 3.25. The monoisotopic (exact) mass is 484 g/mol. The van der Waals surface area contributed by atoms with Crippen molar-refractivity contribution in [2.45, 2.75) is 19.8 Å². The Kier molecular flexibility index (Phi) is 5.99. The van der Waals surface area contributed by atoms with Crippen LogP contribution < -0.4 is 4.74 Å². The highest BCUT2D eigenvalue weighted by molar-refractivity contribution is 9.10. The highest BCUT2D eigenvalue weighted by Gasteiger charge is 2.21. The quantitative estimate of drug-likeness (QED) is 0.501. The lowest BCUT2D eigenvalue weighted by Gasteiger charge is -2.15. The highest BCUT2D eigenvalue weighted by Crippen LogP contribution is 2.33. The number of ether oxygens (including phenoxy) is 1. The van der Waals surface area contributed by atoms with Crippen LogP contribution in [0, 0.1) is 12.7 Å². The van der Waals surface area contributed by atoms with Crippen LogP contribution in [0.15, 0.2) is 58.2 Å². The first-order chi connectivity index (χ1) is 14.9. The number of hydrogen-bond donors (Lipinski definition) is 1. The van der Waals surface area contributed by atoms with Crippen molar-refractivity contribution in [1.82, 2.24) is 4.98 Å². The number of pyridine rings is 1. The van der Waals surface area contributed by atoms with Crippen LogP contribution in [0.1, 0.15) is 23.2 Å². The molecule has 2 aromatic carbocycles. The van der Waals surface area contributed by atoms with Crippen molar-refractivity contribution in [1.29, 1.82) is 0 Å². The fourth-order valence-corrected chi connectivity index (χ4v) is 3.89. The standard InChI is InChI=1S/C23H18BrFN2O4/c1-13-17(9-15-7-8-19(28)23(26-15)14-5-3-2-4-6-14)18(24)11-20(22(13)25)30-12-16-10-21(29)31-27-16/h2-8,11,28H,9-10,12H2,1H3. The van der Waals surface area contributed by atoms with Gasteiger partial charge in [-0.2, -0.15) is 0 Å². The van der Waals surface area contributed by atoms with Gasteiger partial charge in [0, 0.05) is 22.2 Å². The Bertz CT molecular complexity index is 1180. The highest BCUT2D eigenvalue weighted by atomic mass is 79.9. The largest absolute Gasteiger partial charge is 0.506 e. The van der Waals surface area contributed by atoms with Crippen LogP contribution in [-0.4, -0.2) is 28.4 Å². The van der Waals surface area contributed by atoms with E-state index in [2.05, 4.69) is 30.9 Å². The molecule has 0 radical (unpaired) electrons. The molecule has 1 aliphatic rings. The van der Waals surface area contributed by atoms with E-state index >= 15 is 0 Å². The maximum atomic E-state index is 15.0. The molecule has 0 saturated heterocycles. The molecule has 1 aliphatic heterocycles. The molecule has 6 nitrogen and oxygen atoms in total. The lowest BCUT2D eigenvalue weighted by Crippen LogP contribution is -2.12. The fraction of sp³-hybridized carbons (Fsp3) is 0.174. The summed E-state index contributed by atoms with van der Waals surface area (Å²) in [5, 5.41) is 13.8. The zero-order valence-electron chi connectivity index (χ0n) is 16.6. The molecule has 0 atom stereocenters. The second kappa shape index (κ2) is 8.85. The minimum Gasteiger partial charge on any atom is -0.506 e. The van der Waals surface area contributed by atoms with Crippen molar-refractivity contribution in [3.63, 3.8) is 0 Å². The molecule has 0 saturated carbocycles. The number of nitrogens with zero attached hydrogens (tertiary/aromatic N) is 2. The second-order valence-corrected chi connectivity index (χ2v) is 7.93. The summed E-state index contributed by atoms with van der Waals surface area (Å²) in [7, 11) is 0. The summed E-state index contributed by atoms with van der Waals surface area (Å²) in [5.41, 5.74) is 3.50.